The summed E-state index contributed by atoms with van der Waals surface area (Å²) in [5.41, 5.74) is -0.819. The molecule has 2 rings (SSSR count). The summed E-state index contributed by atoms with van der Waals surface area (Å²) in [6.07, 6.45) is -3.22. The highest BCUT2D eigenvalue weighted by atomic mass is 19.4. The number of nitrogens with zero attached hydrogens (tertiary/aromatic N) is 1. The summed E-state index contributed by atoms with van der Waals surface area (Å²) in [7, 11) is 0. The van der Waals surface area contributed by atoms with E-state index in [1.54, 1.807) is 6.92 Å². The second-order valence-corrected chi connectivity index (χ2v) is 4.33. The van der Waals surface area contributed by atoms with E-state index in [0.717, 1.165) is 0 Å². The van der Waals surface area contributed by atoms with Gasteiger partial charge in [-0.25, -0.2) is 4.39 Å². The molecule has 0 saturated heterocycles. The molecule has 0 spiro atoms. The Morgan fingerprint density at radius 2 is 1.90 bits per heavy atom. The first kappa shape index (κ1) is 15.0. The largest absolute Gasteiger partial charge is 0.416 e. The van der Waals surface area contributed by atoms with E-state index in [1.165, 1.54) is 18.3 Å². The number of carbonyl (C=O) groups is 1. The van der Waals surface area contributed by atoms with Crippen molar-refractivity contribution in [2.45, 2.75) is 13.1 Å². The Hall–Kier alpha value is -2.44. The average Bonchev–Trinajstić information content (AvgIpc) is 2.37. The van der Waals surface area contributed by atoms with E-state index in [0.29, 0.717) is 29.6 Å². The van der Waals surface area contributed by atoms with Crippen LogP contribution in [0.4, 0.5) is 23.2 Å². The van der Waals surface area contributed by atoms with Gasteiger partial charge in [-0.15, -0.1) is 0 Å². The van der Waals surface area contributed by atoms with Crippen LogP contribution < -0.4 is 5.32 Å². The lowest BCUT2D eigenvalue weighted by atomic mass is 10.1. The molecule has 0 atom stereocenters. The van der Waals surface area contributed by atoms with Gasteiger partial charge in [0.15, 0.2) is 0 Å². The van der Waals surface area contributed by atoms with Crippen LogP contribution in [0.5, 0.6) is 0 Å². The molecule has 7 heteroatoms. The minimum atomic E-state index is -4.64. The quantitative estimate of drug-likeness (QED) is 0.857. The van der Waals surface area contributed by atoms with E-state index in [-0.39, 0.29) is 0 Å². The molecule has 0 aliphatic rings. The summed E-state index contributed by atoms with van der Waals surface area (Å²) in [5.74, 6) is -1.98. The van der Waals surface area contributed by atoms with Crippen molar-refractivity contribution in [3.05, 3.63) is 59.2 Å². The summed E-state index contributed by atoms with van der Waals surface area (Å²) < 4.78 is 51.3. The summed E-state index contributed by atoms with van der Waals surface area (Å²) in [4.78, 5) is 15.8. The van der Waals surface area contributed by atoms with Gasteiger partial charge in [0, 0.05) is 17.6 Å². The van der Waals surface area contributed by atoms with Crippen molar-refractivity contribution in [2.24, 2.45) is 0 Å². The van der Waals surface area contributed by atoms with Crippen LogP contribution in [0.15, 0.2) is 36.5 Å². The number of halogens is 4. The molecule has 0 aliphatic heterocycles. The van der Waals surface area contributed by atoms with E-state index < -0.39 is 29.0 Å². The fraction of sp³-hybridized carbons (Fsp3) is 0.143. The van der Waals surface area contributed by atoms with Crippen molar-refractivity contribution in [2.75, 3.05) is 5.32 Å². The molecular weight excluding hydrogens is 288 g/mol. The van der Waals surface area contributed by atoms with Gasteiger partial charge >= 0.3 is 6.18 Å². The van der Waals surface area contributed by atoms with Gasteiger partial charge in [-0.1, -0.05) is 0 Å². The number of anilines is 1. The lowest BCUT2D eigenvalue weighted by Gasteiger charge is -2.10. The fourth-order valence-corrected chi connectivity index (χ4v) is 1.70. The molecular formula is C14H10F4N2O. The Morgan fingerprint density at radius 1 is 1.19 bits per heavy atom. The van der Waals surface area contributed by atoms with Gasteiger partial charge in [-0.05, 0) is 37.3 Å². The number of aromatic nitrogens is 1. The van der Waals surface area contributed by atoms with Crippen LogP contribution in [0.25, 0.3) is 0 Å². The molecule has 2 aromatic rings. The molecule has 0 aliphatic carbocycles. The van der Waals surface area contributed by atoms with Crippen LogP contribution in [-0.2, 0) is 6.18 Å². The third-order valence-corrected chi connectivity index (χ3v) is 2.69. The van der Waals surface area contributed by atoms with Crippen LogP contribution in [0.1, 0.15) is 21.6 Å². The molecule has 1 aromatic heterocycles. The van der Waals surface area contributed by atoms with Crippen LogP contribution in [0.2, 0.25) is 0 Å². The molecule has 0 saturated carbocycles. The maximum atomic E-state index is 13.5. The molecule has 1 aromatic carbocycles. The minimum Gasteiger partial charge on any atom is -0.322 e. The Balaban J connectivity index is 2.31. The fourth-order valence-electron chi connectivity index (χ4n) is 1.70. The maximum Gasteiger partial charge on any atom is 0.416 e. The summed E-state index contributed by atoms with van der Waals surface area (Å²) in [6.45, 7) is 1.68. The molecule has 1 amide bonds. The first-order valence-corrected chi connectivity index (χ1v) is 5.88. The zero-order valence-electron chi connectivity index (χ0n) is 10.8. The number of amides is 1. The smallest absolute Gasteiger partial charge is 0.322 e. The predicted octanol–water partition coefficient (Wildman–Crippen LogP) is 3.80. The van der Waals surface area contributed by atoms with Gasteiger partial charge in [0.25, 0.3) is 5.91 Å². The first-order chi connectivity index (χ1) is 9.77. The molecule has 110 valence electrons. The number of hydrogen-bond donors (Lipinski definition) is 1. The molecule has 0 fully saturated rings. The van der Waals surface area contributed by atoms with E-state index in [9.17, 15) is 22.4 Å². The van der Waals surface area contributed by atoms with E-state index in [4.69, 9.17) is 0 Å². The van der Waals surface area contributed by atoms with Crippen molar-refractivity contribution in [3.8, 4) is 0 Å². The number of aryl methyl sites for hydroxylation is 1. The zero-order chi connectivity index (χ0) is 15.6. The molecule has 1 heterocycles. The molecule has 1 N–H and O–H groups in total. The number of pyridine rings is 1. The van der Waals surface area contributed by atoms with Crippen LogP contribution >= 0.6 is 0 Å². The Kier molecular flexibility index (Phi) is 3.93. The minimum absolute atomic E-state index is 0.323. The van der Waals surface area contributed by atoms with Gasteiger partial charge in [0.2, 0.25) is 0 Å². The average molecular weight is 298 g/mol. The lowest BCUT2D eigenvalue weighted by Crippen LogP contribution is -2.16. The van der Waals surface area contributed by atoms with Crippen molar-refractivity contribution < 1.29 is 22.4 Å². The Labute approximate surface area is 117 Å². The second kappa shape index (κ2) is 5.51. The monoisotopic (exact) mass is 298 g/mol. The lowest BCUT2D eigenvalue weighted by molar-refractivity contribution is -0.137. The first-order valence-electron chi connectivity index (χ1n) is 5.88. The second-order valence-electron chi connectivity index (χ2n) is 4.33. The SMILES string of the molecule is Cc1cc(NC(=O)c2cc(C(F)(F)F)ccc2F)ccn1. The normalized spacial score (nSPS) is 11.3. The summed E-state index contributed by atoms with van der Waals surface area (Å²) in [6, 6.07) is 4.66. The zero-order valence-corrected chi connectivity index (χ0v) is 10.8. The van der Waals surface area contributed by atoms with Gasteiger partial charge in [-0.2, -0.15) is 13.2 Å². The third-order valence-electron chi connectivity index (χ3n) is 2.69. The third kappa shape index (κ3) is 3.56. The van der Waals surface area contributed by atoms with Crippen molar-refractivity contribution >= 4 is 11.6 Å². The van der Waals surface area contributed by atoms with E-state index in [2.05, 4.69) is 10.3 Å². The number of nitrogens with one attached hydrogen (secondary N) is 1. The van der Waals surface area contributed by atoms with Gasteiger partial charge in [0.05, 0.1) is 11.1 Å². The Bertz CT molecular complexity index is 683. The molecule has 21 heavy (non-hydrogen) atoms. The molecule has 0 bridgehead atoms. The highest BCUT2D eigenvalue weighted by Crippen LogP contribution is 2.30. The number of hydrogen-bond acceptors (Lipinski definition) is 2. The van der Waals surface area contributed by atoms with E-state index >= 15 is 0 Å². The van der Waals surface area contributed by atoms with Gasteiger partial charge in [-0.3, -0.25) is 9.78 Å². The van der Waals surface area contributed by atoms with Gasteiger partial charge in [0.1, 0.15) is 5.82 Å². The topological polar surface area (TPSA) is 42.0 Å². The van der Waals surface area contributed by atoms with Crippen LogP contribution in [0, 0.1) is 12.7 Å². The number of carbonyl (C=O) groups excluding carboxylic acids is 1. The number of benzene rings is 1. The molecule has 3 nitrogen and oxygen atoms in total. The van der Waals surface area contributed by atoms with Crippen molar-refractivity contribution in [3.63, 3.8) is 0 Å². The van der Waals surface area contributed by atoms with Crippen LogP contribution in [0.3, 0.4) is 0 Å². The summed E-state index contributed by atoms with van der Waals surface area (Å²) >= 11 is 0. The van der Waals surface area contributed by atoms with Crippen LogP contribution in [-0.4, -0.2) is 10.9 Å². The van der Waals surface area contributed by atoms with E-state index in [1.807, 2.05) is 0 Å². The molecule has 0 radical (unpaired) electrons. The number of rotatable bonds is 2. The summed E-state index contributed by atoms with van der Waals surface area (Å²) in [5, 5.41) is 2.33. The standard InChI is InChI=1S/C14H10F4N2O/c1-8-6-10(4-5-19-8)20-13(21)11-7-9(14(16,17)18)2-3-12(11)15/h2-7H,1H3,(H,19,20,21). The highest BCUT2D eigenvalue weighted by Gasteiger charge is 2.31. The molecule has 0 unspecified atom stereocenters. The Morgan fingerprint density at radius 3 is 2.52 bits per heavy atom. The number of alkyl halides is 3. The highest BCUT2D eigenvalue weighted by molar-refractivity contribution is 6.04. The predicted molar refractivity (Wildman–Crippen MR) is 68.3 cm³/mol. The van der Waals surface area contributed by atoms with Gasteiger partial charge < -0.3 is 5.32 Å². The maximum absolute atomic E-state index is 13.5. The van der Waals surface area contributed by atoms with Crippen molar-refractivity contribution in [1.29, 1.82) is 0 Å². The van der Waals surface area contributed by atoms with Crippen molar-refractivity contribution in [1.82, 2.24) is 4.98 Å².